The summed E-state index contributed by atoms with van der Waals surface area (Å²) in [5.41, 5.74) is 1.69. The average Bonchev–Trinajstić information content (AvgIpc) is 2.32. The molecule has 2 aromatic carbocycles. The Labute approximate surface area is 115 Å². The molecule has 6 heteroatoms. The zero-order valence-electron chi connectivity index (χ0n) is 9.10. The van der Waals surface area contributed by atoms with Crippen LogP contribution in [0, 0.1) is 0 Å². The van der Waals surface area contributed by atoms with Crippen molar-refractivity contribution in [1.29, 1.82) is 0 Å². The van der Waals surface area contributed by atoms with Crippen LogP contribution in [0.4, 0.5) is 0 Å². The van der Waals surface area contributed by atoms with E-state index in [2.05, 4.69) is 0 Å². The fourth-order valence-electron chi connectivity index (χ4n) is 1.51. The third-order valence-corrected chi connectivity index (χ3v) is 4.10. The van der Waals surface area contributed by atoms with Gasteiger partial charge in [-0.1, -0.05) is 41.4 Å². The molecule has 2 rings (SSSR count). The van der Waals surface area contributed by atoms with Crippen LogP contribution in [0.25, 0.3) is 11.1 Å². The van der Waals surface area contributed by atoms with Crippen LogP contribution in [-0.2, 0) is 10.0 Å². The lowest BCUT2D eigenvalue weighted by Gasteiger charge is -2.04. The summed E-state index contributed by atoms with van der Waals surface area (Å²) in [6.07, 6.45) is 0. The predicted octanol–water partition coefficient (Wildman–Crippen LogP) is 3.31. The van der Waals surface area contributed by atoms with Crippen LogP contribution in [0.3, 0.4) is 0 Å². The normalized spacial score (nSPS) is 11.5. The molecule has 0 aromatic heterocycles. The van der Waals surface area contributed by atoms with Crippen molar-refractivity contribution in [3.05, 3.63) is 52.5 Å². The molecule has 0 saturated carbocycles. The number of sulfonamides is 1. The molecule has 2 aromatic rings. The smallest absolute Gasteiger partial charge is 0.225 e. The second-order valence-corrected chi connectivity index (χ2v) is 6.07. The van der Waals surface area contributed by atoms with Gasteiger partial charge in [0.1, 0.15) is 0 Å². The van der Waals surface area contributed by atoms with Gasteiger partial charge in [0.15, 0.2) is 0 Å². The predicted molar refractivity (Wildman–Crippen MR) is 73.3 cm³/mol. The van der Waals surface area contributed by atoms with Gasteiger partial charge in [-0.3, -0.25) is 0 Å². The number of hydrogen-bond donors (Lipinski definition) is 1. The van der Waals surface area contributed by atoms with Gasteiger partial charge in [0.05, 0.1) is 14.9 Å². The van der Waals surface area contributed by atoms with Gasteiger partial charge in [-0.05, 0) is 35.4 Å². The van der Waals surface area contributed by atoms with Gasteiger partial charge in [0, 0.05) is 0 Å². The molecule has 0 spiro atoms. The molecule has 18 heavy (non-hydrogen) atoms. The Kier molecular flexibility index (Phi) is 3.64. The van der Waals surface area contributed by atoms with Crippen molar-refractivity contribution in [2.24, 2.45) is 5.14 Å². The molecule has 0 unspecified atom stereocenters. The lowest BCUT2D eigenvalue weighted by molar-refractivity contribution is 0.598. The van der Waals surface area contributed by atoms with Gasteiger partial charge in [0.25, 0.3) is 0 Å². The molecule has 94 valence electrons. The number of primary sulfonamides is 1. The molecule has 0 aliphatic heterocycles. The third-order valence-electron chi connectivity index (χ3n) is 2.44. The van der Waals surface area contributed by atoms with Gasteiger partial charge in [-0.2, -0.15) is 0 Å². The zero-order valence-corrected chi connectivity index (χ0v) is 11.4. The Morgan fingerprint density at radius 1 is 0.833 bits per heavy atom. The fourth-order valence-corrected chi connectivity index (χ4v) is 2.33. The Morgan fingerprint density at radius 3 is 1.89 bits per heavy atom. The van der Waals surface area contributed by atoms with E-state index in [0.717, 1.165) is 11.1 Å². The van der Waals surface area contributed by atoms with Crippen molar-refractivity contribution in [2.45, 2.75) is 4.90 Å². The fraction of sp³-hybridized carbons (Fsp3) is 0. The van der Waals surface area contributed by atoms with Crippen molar-refractivity contribution < 1.29 is 8.42 Å². The van der Waals surface area contributed by atoms with Gasteiger partial charge >= 0.3 is 0 Å². The highest BCUT2D eigenvalue weighted by atomic mass is 35.5. The van der Waals surface area contributed by atoms with Gasteiger partial charge in [0.2, 0.25) is 10.0 Å². The average molecular weight is 302 g/mol. The van der Waals surface area contributed by atoms with Crippen molar-refractivity contribution in [3.63, 3.8) is 0 Å². The quantitative estimate of drug-likeness (QED) is 0.925. The molecule has 0 radical (unpaired) electrons. The van der Waals surface area contributed by atoms with E-state index in [1.807, 2.05) is 0 Å². The van der Waals surface area contributed by atoms with Crippen molar-refractivity contribution in [1.82, 2.24) is 0 Å². The zero-order chi connectivity index (χ0) is 13.3. The Morgan fingerprint density at radius 2 is 1.39 bits per heavy atom. The van der Waals surface area contributed by atoms with Crippen LogP contribution in [0.5, 0.6) is 0 Å². The highest BCUT2D eigenvalue weighted by Crippen LogP contribution is 2.28. The molecule has 0 bridgehead atoms. The number of benzene rings is 2. The molecule has 0 atom stereocenters. The van der Waals surface area contributed by atoms with Crippen molar-refractivity contribution >= 4 is 33.2 Å². The lowest BCUT2D eigenvalue weighted by atomic mass is 10.1. The number of rotatable bonds is 2. The molecule has 0 heterocycles. The van der Waals surface area contributed by atoms with Gasteiger partial charge in [-0.25, -0.2) is 13.6 Å². The second-order valence-electron chi connectivity index (χ2n) is 3.70. The minimum Gasteiger partial charge on any atom is -0.225 e. The lowest BCUT2D eigenvalue weighted by Crippen LogP contribution is -2.11. The topological polar surface area (TPSA) is 60.2 Å². The SMILES string of the molecule is NS(=O)(=O)c1ccc(-c2ccc(Cl)c(Cl)c2)cc1. The first-order valence-electron chi connectivity index (χ1n) is 4.96. The maximum atomic E-state index is 11.1. The molecule has 0 fully saturated rings. The van der Waals surface area contributed by atoms with Crippen LogP contribution in [0.1, 0.15) is 0 Å². The Balaban J connectivity index is 2.43. The molecular formula is C12H9Cl2NO2S. The number of hydrogen-bond acceptors (Lipinski definition) is 2. The summed E-state index contributed by atoms with van der Waals surface area (Å²) in [6.45, 7) is 0. The summed E-state index contributed by atoms with van der Waals surface area (Å²) >= 11 is 11.7. The van der Waals surface area contributed by atoms with E-state index in [-0.39, 0.29) is 4.90 Å². The number of nitrogens with two attached hydrogens (primary N) is 1. The van der Waals surface area contributed by atoms with E-state index in [1.54, 1.807) is 30.3 Å². The van der Waals surface area contributed by atoms with Crippen LogP contribution in [0.15, 0.2) is 47.4 Å². The molecule has 2 N–H and O–H groups in total. The summed E-state index contributed by atoms with van der Waals surface area (Å²) in [6, 6.07) is 11.4. The van der Waals surface area contributed by atoms with Gasteiger partial charge < -0.3 is 0 Å². The third kappa shape index (κ3) is 2.84. The Bertz CT molecular complexity index is 682. The largest absolute Gasteiger partial charge is 0.238 e. The minimum atomic E-state index is -3.66. The maximum Gasteiger partial charge on any atom is 0.238 e. The first-order chi connectivity index (χ1) is 8.38. The van der Waals surface area contributed by atoms with Crippen LogP contribution in [0.2, 0.25) is 10.0 Å². The molecule has 0 amide bonds. The Hall–Kier alpha value is -1.07. The highest BCUT2D eigenvalue weighted by Gasteiger charge is 2.08. The van der Waals surface area contributed by atoms with Crippen LogP contribution < -0.4 is 5.14 Å². The summed E-state index contributed by atoms with van der Waals surface area (Å²) in [5, 5.41) is 5.95. The first kappa shape index (κ1) is 13.4. The van der Waals surface area contributed by atoms with E-state index in [9.17, 15) is 8.42 Å². The summed E-state index contributed by atoms with van der Waals surface area (Å²) < 4.78 is 22.2. The van der Waals surface area contributed by atoms with Crippen molar-refractivity contribution in [2.75, 3.05) is 0 Å². The standard InChI is InChI=1S/C12H9Cl2NO2S/c13-11-6-3-9(7-12(11)14)8-1-4-10(5-2-8)18(15,16)17/h1-7H,(H2,15,16,17). The maximum absolute atomic E-state index is 11.1. The minimum absolute atomic E-state index is 0.0753. The second kappa shape index (κ2) is 4.90. The van der Waals surface area contributed by atoms with Crippen LogP contribution >= 0.6 is 23.2 Å². The van der Waals surface area contributed by atoms with E-state index in [0.29, 0.717) is 10.0 Å². The number of halogens is 2. The van der Waals surface area contributed by atoms with Crippen LogP contribution in [-0.4, -0.2) is 8.42 Å². The van der Waals surface area contributed by atoms with Crippen molar-refractivity contribution in [3.8, 4) is 11.1 Å². The molecule has 0 saturated heterocycles. The monoisotopic (exact) mass is 301 g/mol. The summed E-state index contributed by atoms with van der Waals surface area (Å²) in [7, 11) is -3.66. The van der Waals surface area contributed by atoms with E-state index in [1.165, 1.54) is 12.1 Å². The summed E-state index contributed by atoms with van der Waals surface area (Å²) in [4.78, 5) is 0.0753. The van der Waals surface area contributed by atoms with Gasteiger partial charge in [-0.15, -0.1) is 0 Å². The molecule has 3 nitrogen and oxygen atoms in total. The molecular weight excluding hydrogens is 293 g/mol. The van der Waals surface area contributed by atoms with E-state index in [4.69, 9.17) is 28.3 Å². The summed E-state index contributed by atoms with van der Waals surface area (Å²) in [5.74, 6) is 0. The van der Waals surface area contributed by atoms with E-state index >= 15 is 0 Å². The first-order valence-corrected chi connectivity index (χ1v) is 7.26. The molecule has 0 aliphatic rings. The van der Waals surface area contributed by atoms with E-state index < -0.39 is 10.0 Å². The molecule has 0 aliphatic carbocycles. The highest BCUT2D eigenvalue weighted by molar-refractivity contribution is 7.89.